The zero-order valence-corrected chi connectivity index (χ0v) is 25.7. The van der Waals surface area contributed by atoms with Crippen LogP contribution in [-0.4, -0.2) is 62.2 Å². The Morgan fingerprint density at radius 3 is 2.25 bits per heavy atom. The summed E-state index contributed by atoms with van der Waals surface area (Å²) >= 11 is 0. The maximum Gasteiger partial charge on any atom is 0.573 e. The molecule has 0 radical (unpaired) electrons. The van der Waals surface area contributed by atoms with Crippen molar-refractivity contribution in [3.63, 3.8) is 0 Å². The Kier molecular flexibility index (Phi) is 12.6. The first kappa shape index (κ1) is 36.8. The molecule has 1 heterocycles. The van der Waals surface area contributed by atoms with E-state index in [-0.39, 0.29) is 32.2 Å². The highest BCUT2D eigenvalue weighted by Crippen LogP contribution is 2.32. The monoisotopic (exact) mass is 684 g/mol. The molecule has 0 aromatic heterocycles. The van der Waals surface area contributed by atoms with Gasteiger partial charge in [0.1, 0.15) is 18.2 Å². The minimum Gasteiger partial charge on any atom is -0.464 e. The van der Waals surface area contributed by atoms with Gasteiger partial charge in [-0.1, -0.05) is 54.6 Å². The van der Waals surface area contributed by atoms with Crippen LogP contribution in [0.4, 0.5) is 30.7 Å². The maximum atomic E-state index is 15.1. The average molecular weight is 685 g/mol. The molecule has 48 heavy (non-hydrogen) atoms. The van der Waals surface area contributed by atoms with Gasteiger partial charge in [-0.05, 0) is 53.3 Å². The van der Waals surface area contributed by atoms with E-state index in [9.17, 15) is 35.9 Å². The first-order valence-corrected chi connectivity index (χ1v) is 15.2. The van der Waals surface area contributed by atoms with E-state index in [2.05, 4.69) is 10.1 Å². The lowest BCUT2D eigenvalue weighted by Crippen LogP contribution is -2.49. The second-order valence-corrected chi connectivity index (χ2v) is 11.4. The van der Waals surface area contributed by atoms with Crippen LogP contribution in [0.25, 0.3) is 0 Å². The SMILES string of the molecule is N[C@H](C(=O)Cc1cccc(F)c1CC[C@@H]1CN[C@H](COC(=O)CCC(F)(F)F)CO1)[C@H](c1ccccc1)c1ccc(OC(F)(F)F)cc1. The zero-order chi connectivity index (χ0) is 34.9. The summed E-state index contributed by atoms with van der Waals surface area (Å²) in [5, 5.41) is 3.12. The molecule has 3 N–H and O–H groups in total. The van der Waals surface area contributed by atoms with E-state index in [4.69, 9.17) is 15.2 Å². The number of carbonyl (C=O) groups excluding carboxylic acids is 2. The first-order chi connectivity index (χ1) is 22.7. The van der Waals surface area contributed by atoms with Crippen molar-refractivity contribution in [2.24, 2.45) is 5.73 Å². The van der Waals surface area contributed by atoms with Gasteiger partial charge in [-0.25, -0.2) is 4.39 Å². The van der Waals surface area contributed by atoms with Crippen molar-refractivity contribution in [2.75, 3.05) is 19.8 Å². The normalized spacial score (nSPS) is 18.2. The lowest BCUT2D eigenvalue weighted by atomic mass is 9.82. The summed E-state index contributed by atoms with van der Waals surface area (Å²) in [5.41, 5.74) is 8.42. The Hall–Kier alpha value is -4.01. The van der Waals surface area contributed by atoms with Gasteiger partial charge in [-0.15, -0.1) is 13.2 Å². The molecule has 1 aliphatic heterocycles. The van der Waals surface area contributed by atoms with Gasteiger partial charge < -0.3 is 25.3 Å². The number of nitrogens with one attached hydrogen (secondary N) is 1. The predicted molar refractivity (Wildman–Crippen MR) is 161 cm³/mol. The number of rotatable bonds is 14. The van der Waals surface area contributed by atoms with Gasteiger partial charge in [0.05, 0.1) is 37.6 Å². The summed E-state index contributed by atoms with van der Waals surface area (Å²) in [4.78, 5) is 25.2. The smallest absolute Gasteiger partial charge is 0.464 e. The van der Waals surface area contributed by atoms with Crippen LogP contribution < -0.4 is 15.8 Å². The fourth-order valence-electron chi connectivity index (χ4n) is 5.46. The summed E-state index contributed by atoms with van der Waals surface area (Å²) in [7, 11) is 0. The maximum absolute atomic E-state index is 15.1. The van der Waals surface area contributed by atoms with Crippen LogP contribution >= 0.6 is 0 Å². The zero-order valence-electron chi connectivity index (χ0n) is 25.7. The molecule has 260 valence electrons. The highest BCUT2D eigenvalue weighted by atomic mass is 19.4. The standard InChI is InChI=1S/C34H35F7N2O5/c35-28-8-4-7-23(27(28)14-13-26-18-43-24(19-46-26)20-47-30(45)15-16-33(36,37)38)17-29(44)32(42)31(21-5-2-1-3-6-21)22-9-11-25(12-10-22)48-34(39,40)41/h1-12,24,26,31-32,43H,13-20,42H2/t24-,26+,31+,32+/m0/s1. The number of hydrogen-bond donors (Lipinski definition) is 2. The molecule has 0 amide bonds. The Morgan fingerprint density at radius 2 is 1.62 bits per heavy atom. The van der Waals surface area contributed by atoms with E-state index in [0.717, 1.165) is 12.1 Å². The summed E-state index contributed by atoms with van der Waals surface area (Å²) in [6, 6.07) is 16.8. The van der Waals surface area contributed by atoms with E-state index in [0.29, 0.717) is 35.2 Å². The first-order valence-electron chi connectivity index (χ1n) is 15.2. The molecule has 14 heteroatoms. The van der Waals surface area contributed by atoms with Gasteiger partial charge in [-0.3, -0.25) is 9.59 Å². The number of esters is 1. The van der Waals surface area contributed by atoms with Crippen LogP contribution in [-0.2, 0) is 31.9 Å². The highest BCUT2D eigenvalue weighted by molar-refractivity contribution is 5.87. The molecule has 0 aliphatic carbocycles. The Morgan fingerprint density at radius 1 is 0.938 bits per heavy atom. The average Bonchev–Trinajstić information content (AvgIpc) is 3.03. The number of halogens is 7. The number of ether oxygens (including phenoxy) is 3. The van der Waals surface area contributed by atoms with Crippen molar-refractivity contribution < 1.29 is 54.5 Å². The summed E-state index contributed by atoms with van der Waals surface area (Å²) in [6.45, 7) is 0.293. The molecule has 4 rings (SSSR count). The number of carbonyl (C=O) groups is 2. The van der Waals surface area contributed by atoms with Crippen LogP contribution in [0.15, 0.2) is 72.8 Å². The van der Waals surface area contributed by atoms with E-state index >= 15 is 4.39 Å². The number of Topliss-reactive ketones (excluding diaryl/α,β-unsaturated/α-hetero) is 1. The van der Waals surface area contributed by atoms with E-state index in [1.54, 1.807) is 36.4 Å². The van der Waals surface area contributed by atoms with Gasteiger partial charge in [0, 0.05) is 18.9 Å². The van der Waals surface area contributed by atoms with E-state index in [1.807, 2.05) is 0 Å². The molecule has 0 bridgehead atoms. The topological polar surface area (TPSA) is 99.9 Å². The second-order valence-electron chi connectivity index (χ2n) is 11.4. The third-order valence-corrected chi connectivity index (χ3v) is 7.88. The van der Waals surface area contributed by atoms with Crippen molar-refractivity contribution in [3.05, 3.63) is 101 Å². The van der Waals surface area contributed by atoms with Crippen LogP contribution in [0.2, 0.25) is 0 Å². The van der Waals surface area contributed by atoms with Crippen LogP contribution in [0.3, 0.4) is 0 Å². The lowest BCUT2D eigenvalue weighted by molar-refractivity contribution is -0.274. The Labute approximate surface area is 272 Å². The molecule has 3 aromatic carbocycles. The van der Waals surface area contributed by atoms with Crippen LogP contribution in [0.5, 0.6) is 5.75 Å². The van der Waals surface area contributed by atoms with E-state index in [1.165, 1.54) is 24.3 Å². The highest BCUT2D eigenvalue weighted by Gasteiger charge is 2.33. The largest absolute Gasteiger partial charge is 0.573 e. The quantitative estimate of drug-likeness (QED) is 0.155. The molecule has 0 saturated carbocycles. The summed E-state index contributed by atoms with van der Waals surface area (Å²) in [5.74, 6) is -3.01. The van der Waals surface area contributed by atoms with Crippen molar-refractivity contribution >= 4 is 11.8 Å². The third kappa shape index (κ3) is 11.3. The summed E-state index contributed by atoms with van der Waals surface area (Å²) in [6.07, 6.45) is -11.3. The number of ketones is 1. The molecule has 1 saturated heterocycles. The number of hydrogen-bond acceptors (Lipinski definition) is 7. The minimum atomic E-state index is -4.86. The molecule has 1 fully saturated rings. The fraction of sp³-hybridized carbons (Fsp3) is 0.412. The number of alkyl halides is 6. The third-order valence-electron chi connectivity index (χ3n) is 7.88. The minimum absolute atomic E-state index is 0.124. The van der Waals surface area contributed by atoms with Crippen molar-refractivity contribution in [1.29, 1.82) is 0 Å². The molecule has 0 unspecified atom stereocenters. The second kappa shape index (κ2) is 16.4. The molecule has 0 spiro atoms. The van der Waals surface area contributed by atoms with Crippen molar-refractivity contribution in [3.8, 4) is 5.75 Å². The van der Waals surface area contributed by atoms with Gasteiger partial charge in [0.15, 0.2) is 5.78 Å². The molecular weight excluding hydrogens is 649 g/mol. The van der Waals surface area contributed by atoms with E-state index < -0.39 is 66.7 Å². The van der Waals surface area contributed by atoms with Gasteiger partial charge >= 0.3 is 18.5 Å². The van der Waals surface area contributed by atoms with Gasteiger partial charge in [0.25, 0.3) is 0 Å². The molecular formula is C34H35F7N2O5. The number of benzene rings is 3. The molecule has 7 nitrogen and oxygen atoms in total. The van der Waals surface area contributed by atoms with Gasteiger partial charge in [-0.2, -0.15) is 13.2 Å². The number of nitrogens with two attached hydrogens (primary N) is 1. The van der Waals surface area contributed by atoms with Crippen LogP contribution in [0, 0.1) is 5.82 Å². The Balaban J connectivity index is 1.37. The van der Waals surface area contributed by atoms with Crippen LogP contribution in [0.1, 0.15) is 47.4 Å². The molecule has 4 atom stereocenters. The fourth-order valence-corrected chi connectivity index (χ4v) is 5.46. The number of morpholine rings is 1. The van der Waals surface area contributed by atoms with Gasteiger partial charge in [0.2, 0.25) is 0 Å². The predicted octanol–water partition coefficient (Wildman–Crippen LogP) is 6.17. The lowest BCUT2D eigenvalue weighted by Gasteiger charge is -2.30. The summed E-state index contributed by atoms with van der Waals surface area (Å²) < 4.78 is 105. The Bertz CT molecular complexity index is 1490. The van der Waals surface area contributed by atoms with Crippen molar-refractivity contribution in [1.82, 2.24) is 5.32 Å². The van der Waals surface area contributed by atoms with Crippen molar-refractivity contribution in [2.45, 2.75) is 68.7 Å². The molecule has 1 aliphatic rings. The molecule has 3 aromatic rings.